The van der Waals surface area contributed by atoms with Crippen LogP contribution in [0.4, 0.5) is 0 Å². The van der Waals surface area contributed by atoms with E-state index in [0.717, 1.165) is 35.1 Å². The second kappa shape index (κ2) is 5.80. The Morgan fingerprint density at radius 2 is 2.44 bits per heavy atom. The van der Waals surface area contributed by atoms with Crippen molar-refractivity contribution in [2.45, 2.75) is 38.2 Å². The number of hydrogen-bond donors (Lipinski definition) is 0. The zero-order valence-corrected chi connectivity index (χ0v) is 10.6. The molecule has 4 heteroatoms. The van der Waals surface area contributed by atoms with E-state index in [1.807, 2.05) is 12.1 Å². The van der Waals surface area contributed by atoms with Crippen LogP contribution < -0.4 is 0 Å². The van der Waals surface area contributed by atoms with Gasteiger partial charge in [-0.15, -0.1) is 11.3 Å². The van der Waals surface area contributed by atoms with Gasteiger partial charge in [0, 0.05) is 24.3 Å². The van der Waals surface area contributed by atoms with Crippen molar-refractivity contribution in [1.82, 2.24) is 0 Å². The second-order valence-corrected chi connectivity index (χ2v) is 5.89. The van der Waals surface area contributed by atoms with Gasteiger partial charge in [-0.1, -0.05) is 11.6 Å². The summed E-state index contributed by atoms with van der Waals surface area (Å²) in [5.74, 6) is 0.286. The molecule has 1 aliphatic heterocycles. The lowest BCUT2D eigenvalue weighted by atomic mass is 10.1. The van der Waals surface area contributed by atoms with Gasteiger partial charge in [0.25, 0.3) is 0 Å². The molecule has 1 saturated heterocycles. The normalized spacial score (nSPS) is 20.2. The minimum atomic E-state index is 0.286. The van der Waals surface area contributed by atoms with Gasteiger partial charge >= 0.3 is 0 Å². The summed E-state index contributed by atoms with van der Waals surface area (Å²) in [5.41, 5.74) is 0. The minimum absolute atomic E-state index is 0.286. The SMILES string of the molecule is O=C(CCC1CCCO1)Cc1ccc(Cl)s1. The summed E-state index contributed by atoms with van der Waals surface area (Å²) in [6.45, 7) is 0.861. The molecule has 1 unspecified atom stereocenters. The highest BCUT2D eigenvalue weighted by Gasteiger charge is 2.16. The molecule has 16 heavy (non-hydrogen) atoms. The third-order valence-corrected chi connectivity index (χ3v) is 4.00. The van der Waals surface area contributed by atoms with Crippen LogP contribution in [0.5, 0.6) is 0 Å². The largest absolute Gasteiger partial charge is 0.378 e. The van der Waals surface area contributed by atoms with Gasteiger partial charge in [0.2, 0.25) is 0 Å². The van der Waals surface area contributed by atoms with Crippen LogP contribution >= 0.6 is 22.9 Å². The number of halogens is 1. The first-order valence-corrected chi connectivity index (χ1v) is 6.81. The molecule has 0 radical (unpaired) electrons. The molecule has 1 atom stereocenters. The Bertz CT molecular complexity index is 356. The molecule has 2 heterocycles. The van der Waals surface area contributed by atoms with Crippen molar-refractivity contribution in [1.29, 1.82) is 0 Å². The molecule has 0 saturated carbocycles. The highest BCUT2D eigenvalue weighted by atomic mass is 35.5. The van der Waals surface area contributed by atoms with Gasteiger partial charge in [-0.25, -0.2) is 0 Å². The number of ether oxygens (including phenoxy) is 1. The molecule has 0 bridgehead atoms. The number of hydrogen-bond acceptors (Lipinski definition) is 3. The average Bonchev–Trinajstić information content (AvgIpc) is 2.87. The standard InChI is InChI=1S/C12H15ClO2S/c13-12-6-5-11(16-12)8-9(14)3-4-10-2-1-7-15-10/h5-6,10H,1-4,7-8H2. The third-order valence-electron chi connectivity index (χ3n) is 2.77. The lowest BCUT2D eigenvalue weighted by Crippen LogP contribution is -2.09. The van der Waals surface area contributed by atoms with Crippen molar-refractivity contribution < 1.29 is 9.53 Å². The van der Waals surface area contributed by atoms with E-state index in [1.165, 1.54) is 11.3 Å². The lowest BCUT2D eigenvalue weighted by molar-refractivity contribution is -0.119. The summed E-state index contributed by atoms with van der Waals surface area (Å²) in [6.07, 6.45) is 4.58. The van der Waals surface area contributed by atoms with Crippen LogP contribution in [0.25, 0.3) is 0 Å². The molecule has 88 valence electrons. The molecule has 1 aromatic rings. The van der Waals surface area contributed by atoms with Crippen LogP contribution in [0.1, 0.15) is 30.6 Å². The van der Waals surface area contributed by atoms with Gasteiger partial charge in [0.05, 0.1) is 10.4 Å². The molecule has 0 spiro atoms. The van der Waals surface area contributed by atoms with E-state index < -0.39 is 0 Å². The molecule has 1 fully saturated rings. The van der Waals surface area contributed by atoms with Crippen LogP contribution in [-0.2, 0) is 16.0 Å². The third kappa shape index (κ3) is 3.58. The van der Waals surface area contributed by atoms with Crippen molar-refractivity contribution in [3.05, 3.63) is 21.3 Å². The van der Waals surface area contributed by atoms with Crippen LogP contribution in [0.2, 0.25) is 4.34 Å². The molecule has 0 aromatic carbocycles. The first-order valence-electron chi connectivity index (χ1n) is 5.61. The number of rotatable bonds is 5. The maximum atomic E-state index is 11.7. The van der Waals surface area contributed by atoms with Gasteiger partial charge in [0.15, 0.2) is 0 Å². The Kier molecular flexibility index (Phi) is 4.38. The van der Waals surface area contributed by atoms with Crippen LogP contribution in [0.15, 0.2) is 12.1 Å². The van der Waals surface area contributed by atoms with Gasteiger partial charge in [-0.3, -0.25) is 4.79 Å². The Morgan fingerprint density at radius 3 is 3.06 bits per heavy atom. The highest BCUT2D eigenvalue weighted by molar-refractivity contribution is 7.16. The van der Waals surface area contributed by atoms with E-state index in [2.05, 4.69) is 0 Å². The molecular formula is C12H15ClO2S. The molecule has 2 rings (SSSR count). The summed E-state index contributed by atoms with van der Waals surface area (Å²) in [6, 6.07) is 3.77. The van der Waals surface area contributed by atoms with Crippen LogP contribution in [-0.4, -0.2) is 18.5 Å². The van der Waals surface area contributed by atoms with Gasteiger partial charge in [-0.05, 0) is 31.4 Å². The number of carbonyl (C=O) groups is 1. The molecule has 2 nitrogen and oxygen atoms in total. The minimum Gasteiger partial charge on any atom is -0.378 e. The summed E-state index contributed by atoms with van der Waals surface area (Å²) in [7, 11) is 0. The Hall–Kier alpha value is -0.380. The number of carbonyl (C=O) groups excluding carboxylic acids is 1. The molecule has 0 amide bonds. The zero-order chi connectivity index (χ0) is 11.4. The summed E-state index contributed by atoms with van der Waals surface area (Å²) >= 11 is 7.30. The first kappa shape index (κ1) is 12.1. The van der Waals surface area contributed by atoms with Crippen LogP contribution in [0, 0.1) is 0 Å². The van der Waals surface area contributed by atoms with Gasteiger partial charge in [0.1, 0.15) is 5.78 Å². The van der Waals surface area contributed by atoms with Crippen molar-refractivity contribution in [2.24, 2.45) is 0 Å². The maximum Gasteiger partial charge on any atom is 0.138 e. The topological polar surface area (TPSA) is 26.3 Å². The smallest absolute Gasteiger partial charge is 0.138 e. The van der Waals surface area contributed by atoms with E-state index in [0.29, 0.717) is 18.9 Å². The van der Waals surface area contributed by atoms with Crippen LogP contribution in [0.3, 0.4) is 0 Å². The van der Waals surface area contributed by atoms with E-state index in [9.17, 15) is 4.79 Å². The van der Waals surface area contributed by atoms with Crippen molar-refractivity contribution in [2.75, 3.05) is 6.61 Å². The van der Waals surface area contributed by atoms with Crippen molar-refractivity contribution >= 4 is 28.7 Å². The Morgan fingerprint density at radius 1 is 1.56 bits per heavy atom. The predicted octanol–water partition coefficient (Wildman–Crippen LogP) is 3.47. The summed E-state index contributed by atoms with van der Waals surface area (Å²) in [4.78, 5) is 12.7. The molecule has 0 aliphatic carbocycles. The summed E-state index contributed by atoms with van der Waals surface area (Å²) < 4.78 is 6.24. The van der Waals surface area contributed by atoms with Gasteiger partial charge < -0.3 is 4.74 Å². The van der Waals surface area contributed by atoms with E-state index in [1.54, 1.807) is 0 Å². The predicted molar refractivity (Wildman–Crippen MR) is 66.2 cm³/mol. The van der Waals surface area contributed by atoms with Crippen molar-refractivity contribution in [3.8, 4) is 0 Å². The maximum absolute atomic E-state index is 11.7. The molecule has 1 aromatic heterocycles. The van der Waals surface area contributed by atoms with E-state index >= 15 is 0 Å². The second-order valence-electron chi connectivity index (χ2n) is 4.09. The number of Topliss-reactive ketones (excluding diaryl/α,β-unsaturated/α-hetero) is 1. The van der Waals surface area contributed by atoms with E-state index in [-0.39, 0.29) is 5.78 Å². The fraction of sp³-hybridized carbons (Fsp3) is 0.583. The average molecular weight is 259 g/mol. The lowest BCUT2D eigenvalue weighted by Gasteiger charge is -2.07. The zero-order valence-electron chi connectivity index (χ0n) is 9.08. The fourth-order valence-corrected chi connectivity index (χ4v) is 3.04. The molecule has 1 aliphatic rings. The fourth-order valence-electron chi connectivity index (χ4n) is 1.92. The van der Waals surface area contributed by atoms with Gasteiger partial charge in [-0.2, -0.15) is 0 Å². The Balaban J connectivity index is 1.71. The quantitative estimate of drug-likeness (QED) is 0.808. The van der Waals surface area contributed by atoms with Crippen molar-refractivity contribution in [3.63, 3.8) is 0 Å². The first-order chi connectivity index (χ1) is 7.74. The van der Waals surface area contributed by atoms with E-state index in [4.69, 9.17) is 16.3 Å². The number of ketones is 1. The molecule has 0 N–H and O–H groups in total. The Labute approximate surface area is 105 Å². The summed E-state index contributed by atoms with van der Waals surface area (Å²) in [5, 5.41) is 0. The highest BCUT2D eigenvalue weighted by Crippen LogP contribution is 2.23. The number of thiophene rings is 1. The molecular weight excluding hydrogens is 244 g/mol. The monoisotopic (exact) mass is 258 g/mol.